The van der Waals surface area contributed by atoms with E-state index in [1.165, 1.54) is 11.3 Å². The maximum atomic E-state index is 5.11. The Morgan fingerprint density at radius 2 is 2.33 bits per heavy atom. The monoisotopic (exact) mass is 185 g/mol. The second kappa shape index (κ2) is 3.68. The fourth-order valence-electron chi connectivity index (χ4n) is 1.41. The largest absolute Gasteiger partial charge is 1.00 e. The first kappa shape index (κ1) is 9.20. The van der Waals surface area contributed by atoms with E-state index in [-0.39, 0.29) is 13.8 Å². The predicted octanol–water partition coefficient (Wildman–Crippen LogP) is -1.22. The molecule has 1 aliphatic rings. The molecule has 3 heteroatoms. The first-order chi connectivity index (χ1) is 5.40. The van der Waals surface area contributed by atoms with Crippen LogP contribution >= 0.6 is 0 Å². The Balaban J connectivity index is 0.000000720. The molecule has 0 spiro atoms. The first-order valence-electron chi connectivity index (χ1n) is 3.81. The highest BCUT2D eigenvalue weighted by Crippen LogP contribution is 2.25. The molecule has 0 saturated heterocycles. The summed E-state index contributed by atoms with van der Waals surface area (Å²) in [6.45, 7) is 1.06. The molecule has 0 amide bonds. The van der Waals surface area contributed by atoms with Crippen LogP contribution < -0.4 is 22.5 Å². The third-order valence-electron chi connectivity index (χ3n) is 2.02. The molecule has 1 aromatic rings. The van der Waals surface area contributed by atoms with Crippen molar-refractivity contribution < 1.29 is 18.6 Å². The standard InChI is InChI=1S/C9H11NO.ClH/c1-11-8-2-3-9-7(6-8)4-5-10-9;/h2-3,6,10H,4-5H2,1H3;1H. The maximum absolute atomic E-state index is 5.11. The van der Waals surface area contributed by atoms with Crippen LogP contribution in [0.15, 0.2) is 18.2 Å². The number of methoxy groups -OCH3 is 1. The molecule has 1 heterocycles. The van der Waals surface area contributed by atoms with Crippen molar-refractivity contribution in [2.24, 2.45) is 0 Å². The Hall–Kier alpha value is -0.890. The van der Waals surface area contributed by atoms with E-state index in [1.807, 2.05) is 6.07 Å². The number of rotatable bonds is 1. The van der Waals surface area contributed by atoms with Crippen molar-refractivity contribution >= 4 is 5.69 Å². The van der Waals surface area contributed by atoms with Crippen molar-refractivity contribution in [2.75, 3.05) is 19.0 Å². The average molecular weight is 186 g/mol. The molecular formula is C9H12ClNO. The summed E-state index contributed by atoms with van der Waals surface area (Å²) in [5, 5.41) is 3.30. The second-order valence-corrected chi connectivity index (χ2v) is 2.70. The zero-order valence-electron chi connectivity index (χ0n) is 7.93. The minimum atomic E-state index is 0. The third-order valence-corrected chi connectivity index (χ3v) is 2.02. The summed E-state index contributed by atoms with van der Waals surface area (Å²) in [5.74, 6) is 0.951. The Kier molecular flexibility index (Phi) is 2.82. The van der Waals surface area contributed by atoms with Crippen molar-refractivity contribution in [3.63, 3.8) is 0 Å². The molecular weight excluding hydrogens is 174 g/mol. The molecule has 2 nitrogen and oxygen atoms in total. The van der Waals surface area contributed by atoms with Gasteiger partial charge in [0, 0.05) is 12.2 Å². The van der Waals surface area contributed by atoms with E-state index in [9.17, 15) is 0 Å². The molecule has 1 aliphatic heterocycles. The lowest BCUT2D eigenvalue weighted by atomic mass is 10.1. The number of nitrogens with one attached hydrogen (secondary N) is 1. The minimum absolute atomic E-state index is 0. The Labute approximate surface area is 79.8 Å². The molecule has 12 heavy (non-hydrogen) atoms. The van der Waals surface area contributed by atoms with Crippen LogP contribution in [0.2, 0.25) is 0 Å². The van der Waals surface area contributed by atoms with Crippen LogP contribution in [0.1, 0.15) is 6.99 Å². The van der Waals surface area contributed by atoms with Gasteiger partial charge in [0.25, 0.3) is 0 Å². The van der Waals surface area contributed by atoms with Crippen molar-refractivity contribution in [3.05, 3.63) is 23.8 Å². The Bertz CT molecular complexity index is 280. The number of fused-ring (bicyclic) bond motifs is 1. The van der Waals surface area contributed by atoms with Crippen molar-refractivity contribution in [2.45, 2.75) is 6.42 Å². The van der Waals surface area contributed by atoms with Gasteiger partial charge in [-0.2, -0.15) is 0 Å². The van der Waals surface area contributed by atoms with Crippen molar-refractivity contribution in [1.29, 1.82) is 0 Å². The van der Waals surface area contributed by atoms with Gasteiger partial charge in [0.05, 0.1) is 7.11 Å². The molecule has 2 rings (SSSR count). The van der Waals surface area contributed by atoms with Gasteiger partial charge in [0.15, 0.2) is 0 Å². The third kappa shape index (κ3) is 1.48. The van der Waals surface area contributed by atoms with Crippen LogP contribution in [0.4, 0.5) is 5.69 Å². The molecule has 1 aromatic carbocycles. The molecule has 0 unspecified atom stereocenters. The molecule has 0 radical (unpaired) electrons. The molecule has 1 N–H and O–H groups in total. The number of ether oxygens (including phenoxy) is 1. The van der Waals surface area contributed by atoms with E-state index >= 15 is 0 Å². The second-order valence-electron chi connectivity index (χ2n) is 2.70. The molecule has 0 aromatic heterocycles. The van der Waals surface area contributed by atoms with Gasteiger partial charge in [-0.1, -0.05) is 0 Å². The van der Waals surface area contributed by atoms with Gasteiger partial charge in [-0.15, -0.1) is 0 Å². The predicted molar refractivity (Wildman–Crippen MR) is 46.3 cm³/mol. The topological polar surface area (TPSA) is 21.3 Å². The number of benzene rings is 1. The Morgan fingerprint density at radius 1 is 1.50 bits per heavy atom. The molecule has 0 bridgehead atoms. The van der Waals surface area contributed by atoms with Crippen LogP contribution in [0, 0.1) is 0 Å². The normalized spacial score (nSPS) is 12.8. The zero-order chi connectivity index (χ0) is 7.68. The molecule has 0 aliphatic carbocycles. The highest BCUT2D eigenvalue weighted by atomic mass is 35.5. The van der Waals surface area contributed by atoms with Crippen molar-refractivity contribution in [1.82, 2.24) is 0 Å². The Morgan fingerprint density at radius 3 is 3.08 bits per heavy atom. The highest BCUT2D eigenvalue weighted by Gasteiger charge is 2.09. The number of halogens is 1. The number of hydrogen-bond donors (Lipinski definition) is 1. The smallest absolute Gasteiger partial charge is 1.00 e. The maximum Gasteiger partial charge on any atom is 1.00 e. The summed E-state index contributed by atoms with van der Waals surface area (Å²) >= 11 is 0. The lowest BCUT2D eigenvalue weighted by Gasteiger charge is -2.02. The average Bonchev–Trinajstić information content (AvgIpc) is 2.50. The number of anilines is 1. The minimum Gasteiger partial charge on any atom is -1.00 e. The summed E-state index contributed by atoms with van der Waals surface area (Å²) in [5.41, 5.74) is 2.62. The van der Waals surface area contributed by atoms with Gasteiger partial charge in [-0.3, -0.25) is 0 Å². The van der Waals surface area contributed by atoms with Gasteiger partial charge < -0.3 is 22.5 Å². The SMILES string of the molecule is COc1ccc2c(c1)CCN2.[Cl-].[H+]. The van der Waals surface area contributed by atoms with Gasteiger partial charge in [-0.25, -0.2) is 0 Å². The van der Waals surface area contributed by atoms with E-state index in [2.05, 4.69) is 17.4 Å². The van der Waals surface area contributed by atoms with E-state index in [4.69, 9.17) is 4.74 Å². The lowest BCUT2D eigenvalue weighted by molar-refractivity contribution is -0.00000253. The summed E-state index contributed by atoms with van der Waals surface area (Å²) in [6, 6.07) is 6.15. The summed E-state index contributed by atoms with van der Waals surface area (Å²) < 4.78 is 5.11. The van der Waals surface area contributed by atoms with E-state index in [0.29, 0.717) is 0 Å². The molecule has 0 atom stereocenters. The summed E-state index contributed by atoms with van der Waals surface area (Å²) in [6.07, 6.45) is 1.12. The quantitative estimate of drug-likeness (QED) is 0.593. The summed E-state index contributed by atoms with van der Waals surface area (Å²) in [7, 11) is 1.70. The van der Waals surface area contributed by atoms with Gasteiger partial charge in [0.1, 0.15) is 5.75 Å². The van der Waals surface area contributed by atoms with Crippen LogP contribution in [-0.4, -0.2) is 13.7 Å². The fraction of sp³-hybridized carbons (Fsp3) is 0.333. The van der Waals surface area contributed by atoms with E-state index < -0.39 is 0 Å². The van der Waals surface area contributed by atoms with Crippen LogP contribution in [-0.2, 0) is 6.42 Å². The highest BCUT2D eigenvalue weighted by molar-refractivity contribution is 5.57. The van der Waals surface area contributed by atoms with Crippen LogP contribution in [0.3, 0.4) is 0 Å². The van der Waals surface area contributed by atoms with Crippen LogP contribution in [0.5, 0.6) is 5.75 Å². The fourth-order valence-corrected chi connectivity index (χ4v) is 1.41. The van der Waals surface area contributed by atoms with E-state index in [0.717, 1.165) is 18.7 Å². The summed E-state index contributed by atoms with van der Waals surface area (Å²) in [4.78, 5) is 0. The van der Waals surface area contributed by atoms with Gasteiger partial charge in [-0.05, 0) is 30.2 Å². The van der Waals surface area contributed by atoms with Crippen LogP contribution in [0.25, 0.3) is 0 Å². The van der Waals surface area contributed by atoms with Gasteiger partial charge in [0.2, 0.25) is 0 Å². The molecule has 0 saturated carbocycles. The lowest BCUT2D eigenvalue weighted by Crippen LogP contribution is -3.00. The molecule has 0 fully saturated rings. The van der Waals surface area contributed by atoms with Gasteiger partial charge >= 0.3 is 1.43 Å². The zero-order valence-corrected chi connectivity index (χ0v) is 7.69. The van der Waals surface area contributed by atoms with Crippen molar-refractivity contribution in [3.8, 4) is 5.75 Å². The number of hydrogen-bond acceptors (Lipinski definition) is 2. The van der Waals surface area contributed by atoms with E-state index in [1.54, 1.807) is 7.11 Å². The first-order valence-corrected chi connectivity index (χ1v) is 3.81. The molecule has 66 valence electrons.